The van der Waals surface area contributed by atoms with Crippen molar-refractivity contribution in [2.75, 3.05) is 5.73 Å². The van der Waals surface area contributed by atoms with Crippen LogP contribution in [0.2, 0.25) is 0 Å². The molecule has 5 N–H and O–H groups in total. The fourth-order valence-electron chi connectivity index (χ4n) is 3.94. The zero-order valence-electron chi connectivity index (χ0n) is 16.1. The maximum Gasteiger partial charge on any atom is 0.288 e. The summed E-state index contributed by atoms with van der Waals surface area (Å²) in [6, 6.07) is 26.0. The van der Waals surface area contributed by atoms with Gasteiger partial charge in [0, 0.05) is 11.6 Å². The highest BCUT2D eigenvalue weighted by Gasteiger charge is 2.49. The van der Waals surface area contributed by atoms with Crippen molar-refractivity contribution < 1.29 is 13.0 Å². The van der Waals surface area contributed by atoms with E-state index in [0.29, 0.717) is 16.8 Å². The van der Waals surface area contributed by atoms with E-state index in [0.717, 1.165) is 16.7 Å². The molecule has 152 valence electrons. The molecule has 3 aromatic carbocycles. The van der Waals surface area contributed by atoms with Crippen LogP contribution in [0.3, 0.4) is 0 Å². The third-order valence-electron chi connectivity index (χ3n) is 5.43. The molecule has 3 aromatic rings. The summed E-state index contributed by atoms with van der Waals surface area (Å²) in [5, 5.41) is 0. The Bertz CT molecular complexity index is 1220. The lowest BCUT2D eigenvalue weighted by Gasteiger charge is -2.38. The van der Waals surface area contributed by atoms with Crippen LogP contribution in [0, 0.1) is 0 Å². The fourth-order valence-corrected chi connectivity index (χ4v) is 4.73. The first-order valence-electron chi connectivity index (χ1n) is 9.47. The minimum absolute atomic E-state index is 0.631. The molecule has 4 rings (SSSR count). The first-order valence-corrected chi connectivity index (χ1v) is 10.9. The molecule has 0 heterocycles. The number of allylic oxidation sites excluding steroid dienone is 2. The van der Waals surface area contributed by atoms with Gasteiger partial charge in [0.2, 0.25) is 0 Å². The van der Waals surface area contributed by atoms with Gasteiger partial charge < -0.3 is 11.5 Å². The maximum atomic E-state index is 12.5. The van der Waals surface area contributed by atoms with Crippen LogP contribution in [0.4, 0.5) is 5.69 Å². The van der Waals surface area contributed by atoms with Gasteiger partial charge in [0.05, 0.1) is 0 Å². The van der Waals surface area contributed by atoms with Gasteiger partial charge in [-0.05, 0) is 46.0 Å². The summed E-state index contributed by atoms with van der Waals surface area (Å²) in [7, 11) is -4.64. The van der Waals surface area contributed by atoms with Crippen molar-refractivity contribution in [3.05, 3.63) is 114 Å². The van der Waals surface area contributed by atoms with Gasteiger partial charge in [-0.1, -0.05) is 78.9 Å². The summed E-state index contributed by atoms with van der Waals surface area (Å²) in [5.41, 5.74) is 16.8. The average molecular weight is 419 g/mol. The van der Waals surface area contributed by atoms with E-state index in [-0.39, 0.29) is 0 Å². The van der Waals surface area contributed by atoms with Gasteiger partial charge >= 0.3 is 0 Å². The molecular weight excluding hydrogens is 396 g/mol. The standard InChI is InChI=1S/C24H22N2O3S/c25-20-13-11-17(12-14-20)21-15-16-24(26,30(27,28)29)23(19-9-5-2-6-10-19)22(21)18-7-3-1-4-8-18/h1-16,23H,25-26H2,(H,27,28,29). The summed E-state index contributed by atoms with van der Waals surface area (Å²) in [6.07, 6.45) is 3.04. The molecule has 30 heavy (non-hydrogen) atoms. The van der Waals surface area contributed by atoms with Gasteiger partial charge in [-0.15, -0.1) is 0 Å². The van der Waals surface area contributed by atoms with Crippen LogP contribution in [0.25, 0.3) is 11.1 Å². The monoisotopic (exact) mass is 418 g/mol. The maximum absolute atomic E-state index is 12.5. The van der Waals surface area contributed by atoms with E-state index >= 15 is 0 Å². The minimum atomic E-state index is -4.64. The van der Waals surface area contributed by atoms with Crippen molar-refractivity contribution in [2.45, 2.75) is 10.8 Å². The second kappa shape index (κ2) is 7.57. The van der Waals surface area contributed by atoms with E-state index in [1.165, 1.54) is 6.08 Å². The molecule has 0 aromatic heterocycles. The molecule has 2 atom stereocenters. The quantitative estimate of drug-likeness (QED) is 0.437. The van der Waals surface area contributed by atoms with E-state index in [1.54, 1.807) is 18.2 Å². The van der Waals surface area contributed by atoms with Gasteiger partial charge in [-0.25, -0.2) is 0 Å². The van der Waals surface area contributed by atoms with Gasteiger partial charge in [0.1, 0.15) is 0 Å². The number of rotatable bonds is 4. The van der Waals surface area contributed by atoms with Gasteiger partial charge in [-0.2, -0.15) is 8.42 Å². The SMILES string of the molecule is Nc1ccc(C2=C(c3ccccc3)C(c3ccccc3)C(N)(S(=O)(=O)O)C=C2)cc1. The van der Waals surface area contributed by atoms with Crippen LogP contribution >= 0.6 is 0 Å². The topological polar surface area (TPSA) is 106 Å². The van der Waals surface area contributed by atoms with E-state index in [1.807, 2.05) is 72.8 Å². The fraction of sp³-hybridized carbons (Fsp3) is 0.0833. The highest BCUT2D eigenvalue weighted by atomic mass is 32.2. The summed E-state index contributed by atoms with van der Waals surface area (Å²) in [4.78, 5) is -2.02. The molecule has 0 saturated heterocycles. The molecule has 6 heteroatoms. The highest BCUT2D eigenvalue weighted by Crippen LogP contribution is 2.49. The van der Waals surface area contributed by atoms with E-state index in [9.17, 15) is 13.0 Å². The predicted octanol–water partition coefficient (Wildman–Crippen LogP) is 4.08. The molecule has 2 unspecified atom stereocenters. The number of benzene rings is 3. The number of anilines is 1. The molecule has 1 aliphatic rings. The third kappa shape index (κ3) is 3.45. The van der Waals surface area contributed by atoms with Crippen LogP contribution in [0.1, 0.15) is 22.6 Å². The number of hydrogen-bond donors (Lipinski definition) is 3. The summed E-state index contributed by atoms with van der Waals surface area (Å²) in [6.45, 7) is 0. The molecule has 0 fully saturated rings. The Kier molecular flexibility index (Phi) is 5.07. The van der Waals surface area contributed by atoms with Crippen molar-refractivity contribution >= 4 is 27.0 Å². The molecule has 5 nitrogen and oxygen atoms in total. The van der Waals surface area contributed by atoms with Crippen LogP contribution in [-0.2, 0) is 10.1 Å². The Morgan fingerprint density at radius 1 is 0.800 bits per heavy atom. The van der Waals surface area contributed by atoms with Gasteiger partial charge in [0.25, 0.3) is 10.1 Å². The van der Waals surface area contributed by atoms with E-state index < -0.39 is 20.9 Å². The first-order chi connectivity index (χ1) is 14.3. The normalized spacial score (nSPS) is 21.6. The van der Waals surface area contributed by atoms with Crippen LogP contribution < -0.4 is 11.5 Å². The molecule has 0 spiro atoms. The van der Waals surface area contributed by atoms with E-state index in [2.05, 4.69) is 0 Å². The Morgan fingerprint density at radius 2 is 1.37 bits per heavy atom. The van der Waals surface area contributed by atoms with Crippen LogP contribution in [-0.4, -0.2) is 17.8 Å². The second-order valence-electron chi connectivity index (χ2n) is 7.32. The van der Waals surface area contributed by atoms with Crippen molar-refractivity contribution in [1.29, 1.82) is 0 Å². The van der Waals surface area contributed by atoms with Crippen molar-refractivity contribution in [3.63, 3.8) is 0 Å². The summed E-state index contributed by atoms with van der Waals surface area (Å²) < 4.78 is 35.1. The third-order valence-corrected chi connectivity index (χ3v) is 6.69. The minimum Gasteiger partial charge on any atom is -0.399 e. The van der Waals surface area contributed by atoms with Crippen molar-refractivity contribution in [2.24, 2.45) is 5.73 Å². The largest absolute Gasteiger partial charge is 0.399 e. The zero-order chi connectivity index (χ0) is 21.4. The van der Waals surface area contributed by atoms with Crippen molar-refractivity contribution in [1.82, 2.24) is 0 Å². The number of nitrogens with two attached hydrogens (primary N) is 2. The number of hydrogen-bond acceptors (Lipinski definition) is 4. The lowest BCUT2D eigenvalue weighted by atomic mass is 9.74. The second-order valence-corrected chi connectivity index (χ2v) is 8.98. The lowest BCUT2D eigenvalue weighted by Crippen LogP contribution is -2.52. The van der Waals surface area contributed by atoms with Crippen LogP contribution in [0.15, 0.2) is 97.1 Å². The van der Waals surface area contributed by atoms with E-state index in [4.69, 9.17) is 11.5 Å². The smallest absolute Gasteiger partial charge is 0.288 e. The predicted molar refractivity (Wildman–Crippen MR) is 121 cm³/mol. The first kappa shape index (κ1) is 20.1. The Morgan fingerprint density at radius 3 is 1.93 bits per heavy atom. The lowest BCUT2D eigenvalue weighted by molar-refractivity contribution is 0.438. The zero-order valence-corrected chi connectivity index (χ0v) is 17.0. The number of nitrogen functional groups attached to an aromatic ring is 1. The molecule has 1 aliphatic carbocycles. The van der Waals surface area contributed by atoms with Gasteiger partial charge in [0.15, 0.2) is 4.87 Å². The molecule has 0 aliphatic heterocycles. The van der Waals surface area contributed by atoms with Gasteiger partial charge in [-0.3, -0.25) is 4.55 Å². The summed E-state index contributed by atoms with van der Waals surface area (Å²) >= 11 is 0. The molecule has 0 radical (unpaired) electrons. The summed E-state index contributed by atoms with van der Waals surface area (Å²) in [5.74, 6) is -0.825. The Labute approximate surface area is 176 Å². The van der Waals surface area contributed by atoms with Crippen molar-refractivity contribution in [3.8, 4) is 0 Å². The highest BCUT2D eigenvalue weighted by molar-refractivity contribution is 7.87. The molecule has 0 amide bonds. The molecular formula is C24H22N2O3S. The Balaban J connectivity index is 2.08. The molecule has 0 bridgehead atoms. The Hall–Kier alpha value is -3.19. The molecule has 0 saturated carbocycles. The average Bonchev–Trinajstić information content (AvgIpc) is 2.75. The van der Waals surface area contributed by atoms with Crippen LogP contribution in [0.5, 0.6) is 0 Å².